The summed E-state index contributed by atoms with van der Waals surface area (Å²) < 4.78 is 0. The number of aromatic nitrogens is 4. The second kappa shape index (κ2) is 2.26. The van der Waals surface area contributed by atoms with E-state index in [9.17, 15) is 0 Å². The van der Waals surface area contributed by atoms with E-state index in [0.717, 1.165) is 21.8 Å². The van der Waals surface area contributed by atoms with E-state index in [0.29, 0.717) is 0 Å². The molecule has 0 bridgehead atoms. The zero-order chi connectivity index (χ0) is 8.67. The molecule has 3 heterocycles. The fourth-order valence-corrected chi connectivity index (χ4v) is 1.44. The molecule has 0 radical (unpaired) electrons. The van der Waals surface area contributed by atoms with Gasteiger partial charge in [-0.15, -0.1) is 0 Å². The highest BCUT2D eigenvalue weighted by atomic mass is 15.1. The predicted molar refractivity (Wildman–Crippen MR) is 49.2 cm³/mol. The number of nitrogens with zero attached hydrogens (tertiary/aromatic N) is 3. The Kier molecular flexibility index (Phi) is 1.14. The number of aromatic amines is 1. The van der Waals surface area contributed by atoms with Gasteiger partial charge >= 0.3 is 0 Å². The topological polar surface area (TPSA) is 54.5 Å². The van der Waals surface area contributed by atoms with Gasteiger partial charge in [0, 0.05) is 29.4 Å². The third kappa shape index (κ3) is 0.823. The monoisotopic (exact) mass is 170 g/mol. The summed E-state index contributed by atoms with van der Waals surface area (Å²) in [6, 6.07) is 1.93. The molecule has 0 amide bonds. The molecule has 0 atom stereocenters. The number of hydrogen-bond donors (Lipinski definition) is 1. The average Bonchev–Trinajstić information content (AvgIpc) is 2.65. The van der Waals surface area contributed by atoms with Crippen molar-refractivity contribution in [3.8, 4) is 0 Å². The number of fused-ring (bicyclic) bond motifs is 3. The molecule has 0 aliphatic heterocycles. The van der Waals surface area contributed by atoms with Gasteiger partial charge in [0.1, 0.15) is 5.52 Å². The van der Waals surface area contributed by atoms with Crippen LogP contribution in [0.5, 0.6) is 0 Å². The first-order valence-corrected chi connectivity index (χ1v) is 3.97. The first kappa shape index (κ1) is 6.54. The van der Waals surface area contributed by atoms with Crippen molar-refractivity contribution in [3.63, 3.8) is 0 Å². The van der Waals surface area contributed by atoms with E-state index < -0.39 is 0 Å². The van der Waals surface area contributed by atoms with Crippen LogP contribution in [0, 0.1) is 0 Å². The molecule has 3 aromatic heterocycles. The van der Waals surface area contributed by atoms with Crippen LogP contribution in [0.2, 0.25) is 0 Å². The SMILES string of the molecule is c1cc2cnc3cn[nH]c3c2cn1. The number of rotatable bonds is 0. The van der Waals surface area contributed by atoms with Gasteiger partial charge in [0.15, 0.2) is 0 Å². The van der Waals surface area contributed by atoms with Crippen molar-refractivity contribution in [3.05, 3.63) is 30.9 Å². The van der Waals surface area contributed by atoms with E-state index in [4.69, 9.17) is 0 Å². The quantitative estimate of drug-likeness (QED) is 0.556. The van der Waals surface area contributed by atoms with Crippen LogP contribution >= 0.6 is 0 Å². The van der Waals surface area contributed by atoms with Gasteiger partial charge in [0.2, 0.25) is 0 Å². The van der Waals surface area contributed by atoms with Crippen molar-refractivity contribution >= 4 is 21.8 Å². The molecule has 3 aromatic rings. The number of hydrogen-bond acceptors (Lipinski definition) is 3. The van der Waals surface area contributed by atoms with E-state index in [-0.39, 0.29) is 0 Å². The minimum absolute atomic E-state index is 0.875. The van der Waals surface area contributed by atoms with Gasteiger partial charge in [-0.25, -0.2) is 0 Å². The Morgan fingerprint density at radius 2 is 2.15 bits per heavy atom. The maximum Gasteiger partial charge on any atom is 0.109 e. The molecule has 0 fully saturated rings. The van der Waals surface area contributed by atoms with Gasteiger partial charge < -0.3 is 0 Å². The zero-order valence-corrected chi connectivity index (χ0v) is 6.73. The van der Waals surface area contributed by atoms with Crippen LogP contribution in [-0.2, 0) is 0 Å². The molecular weight excluding hydrogens is 164 g/mol. The van der Waals surface area contributed by atoms with Crippen molar-refractivity contribution in [1.82, 2.24) is 20.2 Å². The lowest BCUT2D eigenvalue weighted by Crippen LogP contribution is -1.80. The summed E-state index contributed by atoms with van der Waals surface area (Å²) in [5, 5.41) is 8.98. The van der Waals surface area contributed by atoms with Crippen molar-refractivity contribution < 1.29 is 0 Å². The Bertz CT molecular complexity index is 570. The Morgan fingerprint density at radius 3 is 3.15 bits per heavy atom. The molecule has 3 rings (SSSR count). The standard InChI is InChI=1S/C9H6N4/c1-2-10-4-7-6(1)3-11-8-5-12-13-9(7)8/h1-5H,(H,12,13). The second-order valence-electron chi connectivity index (χ2n) is 2.85. The maximum absolute atomic E-state index is 4.25. The van der Waals surface area contributed by atoms with E-state index in [1.807, 2.05) is 18.5 Å². The molecule has 0 spiro atoms. The van der Waals surface area contributed by atoms with Crippen LogP contribution < -0.4 is 0 Å². The summed E-state index contributed by atoms with van der Waals surface area (Å²) in [6.45, 7) is 0. The van der Waals surface area contributed by atoms with Crippen molar-refractivity contribution in [2.24, 2.45) is 0 Å². The molecular formula is C9H6N4. The highest BCUT2D eigenvalue weighted by Gasteiger charge is 2.01. The van der Waals surface area contributed by atoms with Crippen LogP contribution in [-0.4, -0.2) is 20.2 Å². The number of H-pyrrole nitrogens is 1. The van der Waals surface area contributed by atoms with Crippen molar-refractivity contribution in [2.75, 3.05) is 0 Å². The lowest BCUT2D eigenvalue weighted by molar-refractivity contribution is 1.12. The summed E-state index contributed by atoms with van der Waals surface area (Å²) in [5.41, 5.74) is 1.83. The minimum Gasteiger partial charge on any atom is -0.275 e. The number of pyridine rings is 2. The normalized spacial score (nSPS) is 11.1. The molecule has 13 heavy (non-hydrogen) atoms. The Balaban J connectivity index is 2.65. The third-order valence-corrected chi connectivity index (χ3v) is 2.09. The molecule has 1 N–H and O–H groups in total. The zero-order valence-electron chi connectivity index (χ0n) is 6.73. The van der Waals surface area contributed by atoms with Gasteiger partial charge in [0.25, 0.3) is 0 Å². The molecule has 0 saturated heterocycles. The van der Waals surface area contributed by atoms with Crippen LogP contribution in [0.3, 0.4) is 0 Å². The smallest absolute Gasteiger partial charge is 0.109 e. The molecule has 0 unspecified atom stereocenters. The summed E-state index contributed by atoms with van der Waals surface area (Å²) in [4.78, 5) is 8.31. The van der Waals surface area contributed by atoms with Crippen molar-refractivity contribution in [1.29, 1.82) is 0 Å². The largest absolute Gasteiger partial charge is 0.275 e. The fourth-order valence-electron chi connectivity index (χ4n) is 1.44. The highest BCUT2D eigenvalue weighted by Crippen LogP contribution is 2.19. The van der Waals surface area contributed by atoms with Gasteiger partial charge in [-0.3, -0.25) is 15.1 Å². The molecule has 4 heteroatoms. The molecule has 0 aromatic carbocycles. The first-order valence-electron chi connectivity index (χ1n) is 3.97. The Labute approximate surface area is 73.6 Å². The molecule has 62 valence electrons. The van der Waals surface area contributed by atoms with Gasteiger partial charge in [-0.2, -0.15) is 5.10 Å². The maximum atomic E-state index is 4.25. The molecule has 0 aliphatic carbocycles. The minimum atomic E-state index is 0.875. The van der Waals surface area contributed by atoms with Crippen LogP contribution in [0.4, 0.5) is 0 Å². The highest BCUT2D eigenvalue weighted by molar-refractivity contribution is 6.02. The number of nitrogens with one attached hydrogen (secondary N) is 1. The van der Waals surface area contributed by atoms with Gasteiger partial charge in [-0.1, -0.05) is 0 Å². The summed E-state index contributed by atoms with van der Waals surface area (Å²) in [6.07, 6.45) is 7.11. The summed E-state index contributed by atoms with van der Waals surface area (Å²) in [7, 11) is 0. The van der Waals surface area contributed by atoms with Crippen LogP contribution in [0.15, 0.2) is 30.9 Å². The van der Waals surface area contributed by atoms with Crippen molar-refractivity contribution in [2.45, 2.75) is 0 Å². The van der Waals surface area contributed by atoms with E-state index in [2.05, 4.69) is 20.2 Å². The Morgan fingerprint density at radius 1 is 1.15 bits per heavy atom. The fraction of sp³-hybridized carbons (Fsp3) is 0. The van der Waals surface area contributed by atoms with Gasteiger partial charge in [0.05, 0.1) is 11.7 Å². The molecule has 0 saturated carbocycles. The lowest BCUT2D eigenvalue weighted by Gasteiger charge is -1.95. The van der Waals surface area contributed by atoms with E-state index >= 15 is 0 Å². The third-order valence-electron chi connectivity index (χ3n) is 2.09. The lowest BCUT2D eigenvalue weighted by atomic mass is 10.2. The van der Waals surface area contributed by atoms with Crippen LogP contribution in [0.25, 0.3) is 21.8 Å². The van der Waals surface area contributed by atoms with Crippen LogP contribution in [0.1, 0.15) is 0 Å². The predicted octanol–water partition coefficient (Wildman–Crippen LogP) is 1.51. The summed E-state index contributed by atoms with van der Waals surface area (Å²) >= 11 is 0. The Hall–Kier alpha value is -1.97. The molecule has 0 aliphatic rings. The second-order valence-corrected chi connectivity index (χ2v) is 2.85. The van der Waals surface area contributed by atoms with Gasteiger partial charge in [-0.05, 0) is 6.07 Å². The summed E-state index contributed by atoms with van der Waals surface area (Å²) in [5.74, 6) is 0. The first-order chi connectivity index (χ1) is 6.45. The molecule has 4 nitrogen and oxygen atoms in total. The van der Waals surface area contributed by atoms with E-state index in [1.54, 1.807) is 12.4 Å². The average molecular weight is 170 g/mol. The van der Waals surface area contributed by atoms with E-state index in [1.165, 1.54) is 0 Å².